The molecule has 1 heterocycles. The number of fused-ring (bicyclic) bond motifs is 1. The molecule has 1 aliphatic carbocycles. The number of rotatable bonds is 3. The van der Waals surface area contributed by atoms with Crippen LogP contribution in [0.2, 0.25) is 0 Å². The number of carbonyl (C=O) groups is 1. The van der Waals surface area contributed by atoms with Crippen molar-refractivity contribution in [1.82, 2.24) is 10.2 Å². The second-order valence-electron chi connectivity index (χ2n) is 6.99. The highest BCUT2D eigenvalue weighted by molar-refractivity contribution is 14.0. The van der Waals surface area contributed by atoms with Crippen LogP contribution < -0.4 is 10.6 Å². The van der Waals surface area contributed by atoms with E-state index >= 15 is 0 Å². The van der Waals surface area contributed by atoms with E-state index in [0.717, 1.165) is 42.1 Å². The van der Waals surface area contributed by atoms with E-state index in [-0.39, 0.29) is 29.9 Å². The van der Waals surface area contributed by atoms with Gasteiger partial charge in [-0.2, -0.15) is 0 Å². The summed E-state index contributed by atoms with van der Waals surface area (Å²) in [6, 6.07) is 7.95. The van der Waals surface area contributed by atoms with Crippen LogP contribution in [0.4, 0.5) is 5.69 Å². The second kappa shape index (κ2) is 9.40. The summed E-state index contributed by atoms with van der Waals surface area (Å²) in [6.45, 7) is 4.51. The highest BCUT2D eigenvalue weighted by Crippen LogP contribution is 2.35. The van der Waals surface area contributed by atoms with E-state index in [2.05, 4.69) is 26.6 Å². The number of halogens is 1. The van der Waals surface area contributed by atoms with Crippen molar-refractivity contribution in [2.45, 2.75) is 39.2 Å². The summed E-state index contributed by atoms with van der Waals surface area (Å²) in [7, 11) is 1.86. The van der Waals surface area contributed by atoms with Gasteiger partial charge in [0.25, 0.3) is 0 Å². The normalized spacial score (nSPS) is 22.8. The number of hydrogen-bond donors (Lipinski definition) is 2. The Balaban J connectivity index is 0.00000225. The largest absolute Gasteiger partial charge is 0.352 e. The lowest BCUT2D eigenvalue weighted by Crippen LogP contribution is -2.39. The molecule has 1 saturated heterocycles. The first-order valence-electron chi connectivity index (χ1n) is 8.98. The summed E-state index contributed by atoms with van der Waals surface area (Å²) >= 11 is 0. The van der Waals surface area contributed by atoms with Gasteiger partial charge < -0.3 is 15.5 Å². The zero-order valence-corrected chi connectivity index (χ0v) is 17.5. The minimum atomic E-state index is -0.0457. The number of likely N-dealkylation sites (tertiary alicyclic amines) is 1. The molecule has 5 nitrogen and oxygen atoms in total. The summed E-state index contributed by atoms with van der Waals surface area (Å²) in [5, 5.41) is 6.31. The van der Waals surface area contributed by atoms with Gasteiger partial charge in [0.05, 0.1) is 0 Å². The first-order valence-corrected chi connectivity index (χ1v) is 8.98. The number of carbonyl (C=O) groups excluding carboxylic acids is 1. The van der Waals surface area contributed by atoms with Crippen LogP contribution in [-0.2, 0) is 11.3 Å². The average molecular weight is 456 g/mol. The summed E-state index contributed by atoms with van der Waals surface area (Å²) in [5.41, 5.74) is 1.97. The van der Waals surface area contributed by atoms with Crippen LogP contribution in [0.5, 0.6) is 0 Å². The van der Waals surface area contributed by atoms with Crippen LogP contribution >= 0.6 is 24.0 Å². The van der Waals surface area contributed by atoms with E-state index in [4.69, 9.17) is 0 Å². The van der Waals surface area contributed by atoms with Crippen molar-refractivity contribution in [3.63, 3.8) is 0 Å². The molecule has 1 saturated carbocycles. The zero-order chi connectivity index (χ0) is 16.9. The summed E-state index contributed by atoms with van der Waals surface area (Å²) in [5.74, 6) is 2.64. The second-order valence-corrected chi connectivity index (χ2v) is 6.99. The zero-order valence-electron chi connectivity index (χ0n) is 15.1. The van der Waals surface area contributed by atoms with Gasteiger partial charge in [0, 0.05) is 39.3 Å². The van der Waals surface area contributed by atoms with Crippen LogP contribution in [0.3, 0.4) is 0 Å². The van der Waals surface area contributed by atoms with Crippen molar-refractivity contribution in [2.24, 2.45) is 16.8 Å². The molecule has 0 bridgehead atoms. The van der Waals surface area contributed by atoms with Crippen LogP contribution in [0.1, 0.15) is 38.2 Å². The first kappa shape index (κ1) is 20.0. The Morgan fingerprint density at radius 2 is 1.92 bits per heavy atom. The van der Waals surface area contributed by atoms with Gasteiger partial charge in [-0.3, -0.25) is 9.79 Å². The van der Waals surface area contributed by atoms with Crippen molar-refractivity contribution in [1.29, 1.82) is 0 Å². The third-order valence-corrected chi connectivity index (χ3v) is 5.19. The first-order chi connectivity index (χ1) is 11.7. The summed E-state index contributed by atoms with van der Waals surface area (Å²) in [6.07, 6.45) is 5.52. The lowest BCUT2D eigenvalue weighted by atomic mass is 9.82. The van der Waals surface area contributed by atoms with Gasteiger partial charge in [-0.25, -0.2) is 0 Å². The lowest BCUT2D eigenvalue weighted by Gasteiger charge is -2.22. The van der Waals surface area contributed by atoms with Crippen LogP contribution in [0.15, 0.2) is 29.3 Å². The Hall–Kier alpha value is -1.31. The van der Waals surface area contributed by atoms with Crippen molar-refractivity contribution < 1.29 is 4.79 Å². The topological polar surface area (TPSA) is 56.7 Å². The molecule has 0 radical (unpaired) electrons. The molecule has 1 aliphatic heterocycles. The molecule has 0 spiro atoms. The molecule has 0 aromatic heterocycles. The van der Waals surface area contributed by atoms with Gasteiger partial charge >= 0.3 is 0 Å². The minimum Gasteiger partial charge on any atom is -0.352 e. The molecule has 3 rings (SSSR count). The fraction of sp³-hybridized carbons (Fsp3) is 0.579. The van der Waals surface area contributed by atoms with Gasteiger partial charge in [-0.15, -0.1) is 24.0 Å². The van der Waals surface area contributed by atoms with Crippen molar-refractivity contribution in [3.8, 4) is 0 Å². The van der Waals surface area contributed by atoms with Gasteiger partial charge in [-0.05, 0) is 42.4 Å². The SMILES string of the molecule is CN=C(NCc1cccc(NC(C)=O)c1)N1CC2CCCCC2C1.I. The molecule has 2 fully saturated rings. The van der Waals surface area contributed by atoms with Gasteiger partial charge in [0.1, 0.15) is 0 Å². The average Bonchev–Trinajstić information content (AvgIpc) is 2.99. The summed E-state index contributed by atoms with van der Waals surface area (Å²) < 4.78 is 0. The number of hydrogen-bond acceptors (Lipinski definition) is 2. The Morgan fingerprint density at radius 1 is 1.24 bits per heavy atom. The lowest BCUT2D eigenvalue weighted by molar-refractivity contribution is -0.114. The van der Waals surface area contributed by atoms with E-state index in [0.29, 0.717) is 6.54 Å². The molecule has 1 aromatic rings. The number of nitrogens with zero attached hydrogens (tertiary/aromatic N) is 2. The van der Waals surface area contributed by atoms with E-state index < -0.39 is 0 Å². The highest BCUT2D eigenvalue weighted by Gasteiger charge is 2.35. The predicted octanol–water partition coefficient (Wildman–Crippen LogP) is 3.46. The van der Waals surface area contributed by atoms with E-state index in [1.165, 1.54) is 32.6 Å². The predicted molar refractivity (Wildman–Crippen MR) is 113 cm³/mol. The van der Waals surface area contributed by atoms with Crippen LogP contribution in [0.25, 0.3) is 0 Å². The number of guanidine groups is 1. The molecule has 2 atom stereocenters. The smallest absolute Gasteiger partial charge is 0.221 e. The molecular weight excluding hydrogens is 427 g/mol. The number of aliphatic imine (C=N–C) groups is 1. The number of nitrogens with one attached hydrogen (secondary N) is 2. The third kappa shape index (κ3) is 5.33. The van der Waals surface area contributed by atoms with Gasteiger partial charge in [0.15, 0.2) is 5.96 Å². The Bertz CT molecular complexity index is 605. The van der Waals surface area contributed by atoms with Crippen molar-refractivity contribution >= 4 is 41.5 Å². The Labute approximate surface area is 167 Å². The number of amides is 1. The monoisotopic (exact) mass is 456 g/mol. The molecule has 1 aromatic carbocycles. The molecule has 1 amide bonds. The van der Waals surface area contributed by atoms with Gasteiger partial charge in [-0.1, -0.05) is 25.0 Å². The van der Waals surface area contributed by atoms with E-state index in [9.17, 15) is 4.79 Å². The van der Waals surface area contributed by atoms with Crippen LogP contribution in [-0.4, -0.2) is 36.9 Å². The van der Waals surface area contributed by atoms with Crippen molar-refractivity contribution in [3.05, 3.63) is 29.8 Å². The maximum Gasteiger partial charge on any atom is 0.221 e. The Morgan fingerprint density at radius 3 is 2.52 bits per heavy atom. The fourth-order valence-electron chi connectivity index (χ4n) is 4.05. The molecular formula is C19H29IN4O. The van der Waals surface area contributed by atoms with Crippen LogP contribution in [0, 0.1) is 11.8 Å². The molecule has 2 aliphatic rings. The quantitative estimate of drug-likeness (QED) is 0.416. The minimum absolute atomic E-state index is 0. The van der Waals surface area contributed by atoms with Crippen molar-refractivity contribution in [2.75, 3.05) is 25.5 Å². The molecule has 6 heteroatoms. The summed E-state index contributed by atoms with van der Waals surface area (Å²) in [4.78, 5) is 18.1. The number of benzene rings is 1. The number of anilines is 1. The maximum atomic E-state index is 11.2. The highest BCUT2D eigenvalue weighted by atomic mass is 127. The third-order valence-electron chi connectivity index (χ3n) is 5.19. The molecule has 25 heavy (non-hydrogen) atoms. The van der Waals surface area contributed by atoms with E-state index in [1.807, 2.05) is 25.2 Å². The van der Waals surface area contributed by atoms with Gasteiger partial charge in [0.2, 0.25) is 5.91 Å². The molecule has 2 unspecified atom stereocenters. The molecule has 138 valence electrons. The molecule has 2 N–H and O–H groups in total. The Kier molecular flexibility index (Phi) is 7.53. The van der Waals surface area contributed by atoms with E-state index in [1.54, 1.807) is 0 Å². The fourth-order valence-corrected chi connectivity index (χ4v) is 4.05. The maximum absolute atomic E-state index is 11.2. The standard InChI is InChI=1S/C19H28N4O.HI/c1-14(24)22-18-9-5-6-15(10-18)11-21-19(20-2)23-12-16-7-3-4-8-17(16)13-23;/h5-6,9-10,16-17H,3-4,7-8,11-13H2,1-2H3,(H,20,21)(H,22,24);1H.